The maximum absolute atomic E-state index is 13.3. The number of benzene rings is 1. The molecule has 0 bridgehead atoms. The van der Waals surface area contributed by atoms with Gasteiger partial charge in [-0.15, -0.1) is 10.2 Å². The van der Waals surface area contributed by atoms with E-state index in [1.54, 1.807) is 12.1 Å². The summed E-state index contributed by atoms with van der Waals surface area (Å²) in [6.07, 6.45) is 0.461. The van der Waals surface area contributed by atoms with E-state index in [1.165, 1.54) is 12.1 Å². The minimum atomic E-state index is -0.707. The minimum absolute atomic E-state index is 0.0569. The largest absolute Gasteiger partial charge is 0.390 e. The zero-order chi connectivity index (χ0) is 16.4. The minimum Gasteiger partial charge on any atom is -0.390 e. The van der Waals surface area contributed by atoms with Crippen molar-refractivity contribution in [3.8, 4) is 11.3 Å². The average molecular weight is 317 g/mol. The van der Waals surface area contributed by atoms with Crippen LogP contribution >= 0.6 is 0 Å². The van der Waals surface area contributed by atoms with E-state index in [-0.39, 0.29) is 11.9 Å². The lowest BCUT2D eigenvalue weighted by atomic mass is 9.90. The molecular weight excluding hydrogens is 297 g/mol. The maximum Gasteiger partial charge on any atom is 0.151 e. The van der Waals surface area contributed by atoms with E-state index in [1.807, 2.05) is 13.0 Å². The van der Waals surface area contributed by atoms with E-state index in [2.05, 4.69) is 15.5 Å². The molecule has 3 atom stereocenters. The Balaban J connectivity index is 1.75. The van der Waals surface area contributed by atoms with E-state index >= 15 is 0 Å². The monoisotopic (exact) mass is 317 g/mol. The van der Waals surface area contributed by atoms with Crippen LogP contribution in [0, 0.1) is 12.7 Å². The van der Waals surface area contributed by atoms with Gasteiger partial charge in [0.2, 0.25) is 0 Å². The molecule has 1 saturated carbocycles. The lowest BCUT2D eigenvalue weighted by molar-refractivity contribution is -0.0120. The molecule has 122 valence electrons. The van der Waals surface area contributed by atoms with Crippen molar-refractivity contribution in [3.63, 3.8) is 0 Å². The molecule has 0 aliphatic heterocycles. The van der Waals surface area contributed by atoms with Crippen LogP contribution in [0.4, 0.5) is 10.2 Å². The molecule has 1 aromatic carbocycles. The first-order valence-electron chi connectivity index (χ1n) is 7.76. The van der Waals surface area contributed by atoms with E-state index < -0.39 is 12.2 Å². The van der Waals surface area contributed by atoms with Crippen LogP contribution in [0.2, 0.25) is 0 Å². The van der Waals surface area contributed by atoms with Gasteiger partial charge in [-0.2, -0.15) is 0 Å². The molecule has 1 fully saturated rings. The van der Waals surface area contributed by atoms with Gasteiger partial charge < -0.3 is 15.5 Å². The van der Waals surface area contributed by atoms with Gasteiger partial charge in [0.25, 0.3) is 0 Å². The van der Waals surface area contributed by atoms with Crippen molar-refractivity contribution in [1.82, 2.24) is 10.2 Å². The molecule has 23 heavy (non-hydrogen) atoms. The molecule has 1 aromatic heterocycles. The van der Waals surface area contributed by atoms with Crippen LogP contribution in [-0.2, 0) is 0 Å². The molecular formula is C17H20FN3O2. The Bertz CT molecular complexity index is 695. The van der Waals surface area contributed by atoms with Gasteiger partial charge in [-0.25, -0.2) is 4.39 Å². The van der Waals surface area contributed by atoms with Gasteiger partial charge in [0.05, 0.1) is 17.9 Å². The molecule has 3 N–H and O–H groups in total. The highest BCUT2D eigenvalue weighted by molar-refractivity contribution is 5.61. The standard InChI is InChI=1S/C17H20FN3O2/c1-10-7-14(11-3-2-4-12(18)8-11)20-21-17(10)19-13-5-6-15(22)16(23)9-13/h2-4,7-8,13,15-16,22-23H,5-6,9H2,1H3,(H,19,21)/t13?,15-,16+/m1/s1. The summed E-state index contributed by atoms with van der Waals surface area (Å²) < 4.78 is 13.3. The zero-order valence-corrected chi connectivity index (χ0v) is 12.9. The first-order valence-corrected chi connectivity index (χ1v) is 7.76. The highest BCUT2D eigenvalue weighted by atomic mass is 19.1. The molecule has 5 nitrogen and oxygen atoms in total. The van der Waals surface area contributed by atoms with E-state index in [4.69, 9.17) is 0 Å². The molecule has 1 aliphatic rings. The highest BCUT2D eigenvalue weighted by Crippen LogP contribution is 2.25. The van der Waals surface area contributed by atoms with E-state index in [0.717, 1.165) is 12.0 Å². The number of nitrogens with one attached hydrogen (secondary N) is 1. The summed E-state index contributed by atoms with van der Waals surface area (Å²) >= 11 is 0. The van der Waals surface area contributed by atoms with Crippen molar-refractivity contribution in [2.45, 2.75) is 44.4 Å². The van der Waals surface area contributed by atoms with Crippen LogP contribution in [0.5, 0.6) is 0 Å². The zero-order valence-electron chi connectivity index (χ0n) is 12.9. The third-order valence-electron chi connectivity index (χ3n) is 4.23. The first-order chi connectivity index (χ1) is 11.0. The summed E-state index contributed by atoms with van der Waals surface area (Å²) in [4.78, 5) is 0. The van der Waals surface area contributed by atoms with Gasteiger partial charge in [-0.05, 0) is 49.9 Å². The van der Waals surface area contributed by atoms with Crippen LogP contribution in [0.15, 0.2) is 30.3 Å². The fourth-order valence-corrected chi connectivity index (χ4v) is 2.87. The quantitative estimate of drug-likeness (QED) is 0.809. The SMILES string of the molecule is Cc1cc(-c2cccc(F)c2)nnc1NC1CC[C@@H](O)[C@@H](O)C1. The molecule has 6 heteroatoms. The second-order valence-electron chi connectivity index (χ2n) is 6.06. The Morgan fingerprint density at radius 1 is 1.13 bits per heavy atom. The molecule has 0 saturated heterocycles. The number of hydrogen-bond acceptors (Lipinski definition) is 5. The molecule has 1 aliphatic carbocycles. The summed E-state index contributed by atoms with van der Waals surface area (Å²) in [6, 6.07) is 8.17. The van der Waals surface area contributed by atoms with Gasteiger partial charge in [-0.1, -0.05) is 12.1 Å². The summed E-state index contributed by atoms with van der Waals surface area (Å²) in [6.45, 7) is 1.91. The molecule has 2 aromatic rings. The van der Waals surface area contributed by atoms with Gasteiger partial charge in [0.15, 0.2) is 5.82 Å². The molecule has 1 unspecified atom stereocenters. The Morgan fingerprint density at radius 3 is 2.65 bits per heavy atom. The van der Waals surface area contributed by atoms with Crippen LogP contribution in [0.3, 0.4) is 0 Å². The Kier molecular flexibility index (Phi) is 4.54. The summed E-state index contributed by atoms with van der Waals surface area (Å²) in [5.74, 6) is 0.345. The predicted octanol–water partition coefficient (Wildman–Crippen LogP) is 2.28. The fraction of sp³-hybridized carbons (Fsp3) is 0.412. The average Bonchev–Trinajstić information content (AvgIpc) is 2.53. The topological polar surface area (TPSA) is 78.3 Å². The number of aliphatic hydroxyl groups is 2. The summed E-state index contributed by atoms with van der Waals surface area (Å²) in [7, 11) is 0. The number of anilines is 1. The summed E-state index contributed by atoms with van der Waals surface area (Å²) in [5.41, 5.74) is 2.20. The Hall–Kier alpha value is -2.05. The highest BCUT2D eigenvalue weighted by Gasteiger charge is 2.27. The number of rotatable bonds is 3. The van der Waals surface area contributed by atoms with Crippen LogP contribution in [0.1, 0.15) is 24.8 Å². The number of aliphatic hydroxyl groups excluding tert-OH is 2. The molecule has 0 amide bonds. The van der Waals surface area contributed by atoms with E-state index in [0.29, 0.717) is 29.9 Å². The number of aryl methyl sites for hydroxylation is 1. The van der Waals surface area contributed by atoms with Gasteiger partial charge in [0.1, 0.15) is 5.82 Å². The van der Waals surface area contributed by atoms with Crippen LogP contribution in [0.25, 0.3) is 11.3 Å². The molecule has 1 heterocycles. The lowest BCUT2D eigenvalue weighted by Gasteiger charge is -2.31. The fourth-order valence-electron chi connectivity index (χ4n) is 2.87. The normalized spacial score (nSPS) is 24.4. The van der Waals surface area contributed by atoms with Crippen LogP contribution in [-0.4, -0.2) is 38.7 Å². The van der Waals surface area contributed by atoms with Gasteiger partial charge >= 0.3 is 0 Å². The van der Waals surface area contributed by atoms with E-state index in [9.17, 15) is 14.6 Å². The molecule has 0 radical (unpaired) electrons. The lowest BCUT2D eigenvalue weighted by Crippen LogP contribution is -2.39. The second-order valence-corrected chi connectivity index (χ2v) is 6.06. The van der Waals surface area contributed by atoms with Gasteiger partial charge in [0, 0.05) is 11.6 Å². The third kappa shape index (κ3) is 3.65. The van der Waals surface area contributed by atoms with Crippen molar-refractivity contribution in [3.05, 3.63) is 41.7 Å². The smallest absolute Gasteiger partial charge is 0.151 e. The van der Waals surface area contributed by atoms with Crippen molar-refractivity contribution >= 4 is 5.82 Å². The number of halogens is 1. The summed E-state index contributed by atoms with van der Waals surface area (Å²) in [5, 5.41) is 30.9. The third-order valence-corrected chi connectivity index (χ3v) is 4.23. The maximum atomic E-state index is 13.3. The number of nitrogens with zero attached hydrogens (tertiary/aromatic N) is 2. The number of hydrogen-bond donors (Lipinski definition) is 3. The molecule has 3 rings (SSSR count). The first kappa shape index (κ1) is 15.8. The predicted molar refractivity (Wildman–Crippen MR) is 85.4 cm³/mol. The van der Waals surface area contributed by atoms with Gasteiger partial charge in [-0.3, -0.25) is 0 Å². The Labute approximate surface area is 134 Å². The van der Waals surface area contributed by atoms with Crippen molar-refractivity contribution in [1.29, 1.82) is 0 Å². The van der Waals surface area contributed by atoms with Crippen molar-refractivity contribution < 1.29 is 14.6 Å². The van der Waals surface area contributed by atoms with Crippen molar-refractivity contribution in [2.24, 2.45) is 0 Å². The Morgan fingerprint density at radius 2 is 1.96 bits per heavy atom. The molecule has 0 spiro atoms. The van der Waals surface area contributed by atoms with Crippen LogP contribution < -0.4 is 5.32 Å². The second kappa shape index (κ2) is 6.60. The number of aromatic nitrogens is 2. The van der Waals surface area contributed by atoms with Crippen molar-refractivity contribution in [2.75, 3.05) is 5.32 Å².